The zero-order chi connectivity index (χ0) is 11.9. The molecule has 0 amide bonds. The highest BCUT2D eigenvalue weighted by atomic mass is 79.9. The second-order valence-corrected chi connectivity index (χ2v) is 5.33. The lowest BCUT2D eigenvalue weighted by molar-refractivity contribution is -0.0328. The number of carbonyl (C=O) groups excluding carboxylic acids is 1. The molecule has 0 fully saturated rings. The van der Waals surface area contributed by atoms with Crippen LogP contribution >= 0.6 is 27.7 Å². The highest BCUT2D eigenvalue weighted by Crippen LogP contribution is 2.43. The number of fused-ring (bicyclic) bond motifs is 1. The Kier molecular flexibility index (Phi) is 3.05. The van der Waals surface area contributed by atoms with E-state index < -0.39 is 5.51 Å². The molecule has 0 spiro atoms. The smallest absolute Gasteiger partial charge is 0.294 e. The van der Waals surface area contributed by atoms with Gasteiger partial charge in [-0.3, -0.25) is 4.79 Å². The van der Waals surface area contributed by atoms with Gasteiger partial charge in [0.25, 0.3) is 0 Å². The number of benzene rings is 1. The van der Waals surface area contributed by atoms with Crippen molar-refractivity contribution in [3.05, 3.63) is 27.7 Å². The largest absolute Gasteiger partial charge is 0.446 e. The zero-order valence-electron chi connectivity index (χ0n) is 7.90. The first-order valence-electron chi connectivity index (χ1n) is 4.49. The summed E-state index contributed by atoms with van der Waals surface area (Å²) in [6, 6.07) is 2.90. The highest BCUT2D eigenvalue weighted by Gasteiger charge is 2.34. The molecule has 0 bridgehead atoms. The number of halogens is 4. The summed E-state index contributed by atoms with van der Waals surface area (Å²) < 4.78 is 37.5. The van der Waals surface area contributed by atoms with Crippen LogP contribution < -0.4 is 0 Å². The Morgan fingerprint density at radius 1 is 1.25 bits per heavy atom. The highest BCUT2D eigenvalue weighted by molar-refractivity contribution is 9.10. The van der Waals surface area contributed by atoms with Crippen LogP contribution in [-0.2, 0) is 6.42 Å². The molecule has 0 unspecified atom stereocenters. The van der Waals surface area contributed by atoms with E-state index in [1.807, 2.05) is 0 Å². The fraction of sp³-hybridized carbons (Fsp3) is 0.300. The molecular formula is C10H6BrF3OS. The van der Waals surface area contributed by atoms with Crippen molar-refractivity contribution in [3.63, 3.8) is 0 Å². The van der Waals surface area contributed by atoms with Gasteiger partial charge < -0.3 is 0 Å². The van der Waals surface area contributed by atoms with Gasteiger partial charge in [-0.05, 0) is 35.9 Å². The van der Waals surface area contributed by atoms with Crippen molar-refractivity contribution in [1.29, 1.82) is 0 Å². The van der Waals surface area contributed by atoms with Crippen molar-refractivity contribution in [2.24, 2.45) is 0 Å². The molecule has 0 radical (unpaired) electrons. The van der Waals surface area contributed by atoms with Gasteiger partial charge in [-0.15, -0.1) is 0 Å². The number of ketones is 1. The number of rotatable bonds is 1. The van der Waals surface area contributed by atoms with Crippen LogP contribution in [0.5, 0.6) is 0 Å². The molecule has 6 heteroatoms. The molecular weight excluding hydrogens is 305 g/mol. The number of hydrogen-bond acceptors (Lipinski definition) is 2. The monoisotopic (exact) mass is 310 g/mol. The molecule has 0 saturated carbocycles. The fourth-order valence-corrected chi connectivity index (χ4v) is 2.98. The minimum absolute atomic E-state index is 0.00759. The predicted octanol–water partition coefficient (Wildman–Crippen LogP) is 4.19. The molecule has 1 aromatic carbocycles. The molecule has 1 nitrogen and oxygen atoms in total. The average molecular weight is 311 g/mol. The maximum absolute atomic E-state index is 12.3. The molecule has 1 aliphatic carbocycles. The van der Waals surface area contributed by atoms with E-state index in [-0.39, 0.29) is 28.0 Å². The van der Waals surface area contributed by atoms with Crippen LogP contribution in [0.1, 0.15) is 22.3 Å². The van der Waals surface area contributed by atoms with Crippen LogP contribution in [0.25, 0.3) is 0 Å². The summed E-state index contributed by atoms with van der Waals surface area (Å²) in [5.41, 5.74) is -3.43. The van der Waals surface area contributed by atoms with Gasteiger partial charge in [0.05, 0.1) is 0 Å². The standard InChI is InChI=1S/C10H6BrF3OS/c11-6-2-4-8(16-10(12,13)14)9-5(6)1-3-7(9)15/h2,4H,1,3H2. The third-order valence-electron chi connectivity index (χ3n) is 2.32. The lowest BCUT2D eigenvalue weighted by atomic mass is 10.1. The van der Waals surface area contributed by atoms with Gasteiger partial charge in [0.2, 0.25) is 0 Å². The minimum atomic E-state index is -4.36. The quantitative estimate of drug-likeness (QED) is 0.723. The van der Waals surface area contributed by atoms with E-state index in [0.717, 1.165) is 0 Å². The summed E-state index contributed by atoms with van der Waals surface area (Å²) in [6.07, 6.45) is 0.810. The summed E-state index contributed by atoms with van der Waals surface area (Å²) in [4.78, 5) is 11.5. The summed E-state index contributed by atoms with van der Waals surface area (Å²) in [5.74, 6) is -0.206. The lowest BCUT2D eigenvalue weighted by Crippen LogP contribution is -2.03. The van der Waals surface area contributed by atoms with Gasteiger partial charge in [0.15, 0.2) is 5.78 Å². The molecule has 16 heavy (non-hydrogen) atoms. The van der Waals surface area contributed by atoms with Crippen LogP contribution in [-0.4, -0.2) is 11.3 Å². The van der Waals surface area contributed by atoms with E-state index in [1.165, 1.54) is 6.07 Å². The van der Waals surface area contributed by atoms with Crippen LogP contribution in [0.3, 0.4) is 0 Å². The molecule has 0 N–H and O–H groups in total. The van der Waals surface area contributed by atoms with Crippen molar-refractivity contribution in [3.8, 4) is 0 Å². The molecule has 1 aliphatic rings. The predicted molar refractivity (Wildman–Crippen MR) is 58.7 cm³/mol. The summed E-state index contributed by atoms with van der Waals surface area (Å²) >= 11 is 3.02. The van der Waals surface area contributed by atoms with Gasteiger partial charge in [0, 0.05) is 21.4 Å². The SMILES string of the molecule is O=C1CCc2c(Br)ccc(SC(F)(F)F)c21. The number of alkyl halides is 3. The van der Waals surface area contributed by atoms with E-state index >= 15 is 0 Å². The first kappa shape index (κ1) is 12.0. The first-order chi connectivity index (χ1) is 7.38. The maximum atomic E-state index is 12.3. The van der Waals surface area contributed by atoms with Gasteiger partial charge in [0.1, 0.15) is 0 Å². The third kappa shape index (κ3) is 2.27. The normalized spacial score (nSPS) is 15.4. The van der Waals surface area contributed by atoms with Crippen molar-refractivity contribution >= 4 is 33.5 Å². The van der Waals surface area contributed by atoms with E-state index in [2.05, 4.69) is 15.9 Å². The minimum Gasteiger partial charge on any atom is -0.294 e. The van der Waals surface area contributed by atoms with Crippen molar-refractivity contribution in [2.45, 2.75) is 23.2 Å². The van der Waals surface area contributed by atoms with E-state index in [0.29, 0.717) is 22.9 Å². The van der Waals surface area contributed by atoms with Crippen LogP contribution in [0.15, 0.2) is 21.5 Å². The molecule has 1 aromatic rings. The summed E-state index contributed by atoms with van der Waals surface area (Å²) in [6.45, 7) is 0. The number of carbonyl (C=O) groups is 1. The van der Waals surface area contributed by atoms with Crippen molar-refractivity contribution in [1.82, 2.24) is 0 Å². The maximum Gasteiger partial charge on any atom is 0.446 e. The Labute approximate surface area is 103 Å². The van der Waals surface area contributed by atoms with Crippen molar-refractivity contribution < 1.29 is 18.0 Å². The lowest BCUT2D eigenvalue weighted by Gasteiger charge is -2.10. The van der Waals surface area contributed by atoms with Crippen molar-refractivity contribution in [2.75, 3.05) is 0 Å². The van der Waals surface area contributed by atoms with Crippen LogP contribution in [0.2, 0.25) is 0 Å². The second-order valence-electron chi connectivity index (χ2n) is 3.37. The summed E-state index contributed by atoms with van der Waals surface area (Å²) in [7, 11) is 0. The Morgan fingerprint density at radius 3 is 2.56 bits per heavy atom. The summed E-state index contributed by atoms with van der Waals surface area (Å²) in [5, 5.41) is 0. The van der Waals surface area contributed by atoms with Crippen LogP contribution in [0, 0.1) is 0 Å². The number of thioether (sulfide) groups is 1. The van der Waals surface area contributed by atoms with Crippen LogP contribution in [0.4, 0.5) is 13.2 Å². The molecule has 0 saturated heterocycles. The van der Waals surface area contributed by atoms with Gasteiger partial charge in [-0.2, -0.15) is 13.2 Å². The Bertz CT molecular complexity index is 456. The second kappa shape index (κ2) is 4.07. The van der Waals surface area contributed by atoms with Gasteiger partial charge in [-0.25, -0.2) is 0 Å². The van der Waals surface area contributed by atoms with Gasteiger partial charge >= 0.3 is 5.51 Å². The molecule has 0 aromatic heterocycles. The van der Waals surface area contributed by atoms with E-state index in [4.69, 9.17) is 0 Å². The molecule has 2 rings (SSSR count). The first-order valence-corrected chi connectivity index (χ1v) is 6.10. The number of hydrogen-bond donors (Lipinski definition) is 0. The molecule has 0 heterocycles. The third-order valence-corrected chi connectivity index (χ3v) is 3.86. The Hall–Kier alpha value is -0.490. The molecule has 0 atom stereocenters. The zero-order valence-corrected chi connectivity index (χ0v) is 10.3. The van der Waals surface area contributed by atoms with Gasteiger partial charge in [-0.1, -0.05) is 15.9 Å². The van der Waals surface area contributed by atoms with E-state index in [9.17, 15) is 18.0 Å². The number of Topliss-reactive ketones (excluding diaryl/α,β-unsaturated/α-hetero) is 1. The fourth-order valence-electron chi connectivity index (χ4n) is 1.72. The molecule has 0 aliphatic heterocycles. The average Bonchev–Trinajstić information content (AvgIpc) is 2.52. The molecule has 86 valence electrons. The topological polar surface area (TPSA) is 17.1 Å². The van der Waals surface area contributed by atoms with E-state index in [1.54, 1.807) is 6.07 Å². The Balaban J connectivity index is 2.49. The Morgan fingerprint density at radius 2 is 1.94 bits per heavy atom.